The third-order valence-corrected chi connectivity index (χ3v) is 5.93. The minimum absolute atomic E-state index is 0.00431. The van der Waals surface area contributed by atoms with Crippen LogP contribution in [0, 0.1) is 18.3 Å². The Morgan fingerprint density at radius 2 is 1.61 bits per heavy atom. The molecule has 0 amide bonds. The number of phenols is 1. The monoisotopic (exact) mass is 421 g/mol. The minimum Gasteiger partial charge on any atom is -0.507 e. The standard InChI is InChI=1S/C25H31N3O3/c1-13-9-18-20(23(30)28(13)8)19(15(12-26)22(27)31-18)14-10-16(24(2,3)4)21(29)17(11-14)25(5,6)7/h9-11,19,29H,27H2,1-8H3/t19-/m0/s1. The Morgan fingerprint density at radius 1 is 1.10 bits per heavy atom. The molecule has 2 aromatic rings. The fourth-order valence-electron chi connectivity index (χ4n) is 4.04. The lowest BCUT2D eigenvalue weighted by Gasteiger charge is -2.31. The Hall–Kier alpha value is -3.20. The average Bonchev–Trinajstić information content (AvgIpc) is 2.63. The van der Waals surface area contributed by atoms with E-state index in [1.165, 1.54) is 0 Å². The predicted octanol–water partition coefficient (Wildman–Crippen LogP) is 4.21. The summed E-state index contributed by atoms with van der Waals surface area (Å²) in [4.78, 5) is 13.3. The first kappa shape index (κ1) is 22.5. The van der Waals surface area contributed by atoms with Gasteiger partial charge in [-0.05, 0) is 34.4 Å². The molecule has 31 heavy (non-hydrogen) atoms. The van der Waals surface area contributed by atoms with Gasteiger partial charge in [0.15, 0.2) is 0 Å². The van der Waals surface area contributed by atoms with Crippen molar-refractivity contribution in [3.63, 3.8) is 0 Å². The number of nitriles is 1. The first-order valence-corrected chi connectivity index (χ1v) is 10.3. The molecule has 0 saturated heterocycles. The highest BCUT2D eigenvalue weighted by Gasteiger charge is 2.36. The first-order chi connectivity index (χ1) is 14.2. The topological polar surface area (TPSA) is 101 Å². The first-order valence-electron chi connectivity index (χ1n) is 10.3. The number of pyridine rings is 1. The molecule has 2 heterocycles. The number of allylic oxidation sites excluding steroid dienone is 1. The van der Waals surface area contributed by atoms with E-state index >= 15 is 0 Å². The third-order valence-electron chi connectivity index (χ3n) is 5.93. The van der Waals surface area contributed by atoms with Crippen molar-refractivity contribution in [2.45, 2.75) is 65.2 Å². The summed E-state index contributed by atoms with van der Waals surface area (Å²) in [5.74, 6) is -0.0840. The van der Waals surface area contributed by atoms with Gasteiger partial charge in [-0.25, -0.2) is 0 Å². The van der Waals surface area contributed by atoms with Crippen molar-refractivity contribution in [3.8, 4) is 17.6 Å². The van der Waals surface area contributed by atoms with Gasteiger partial charge >= 0.3 is 0 Å². The molecule has 0 fully saturated rings. The number of nitrogens with two attached hydrogens (primary N) is 1. The van der Waals surface area contributed by atoms with Crippen LogP contribution < -0.4 is 16.0 Å². The highest BCUT2D eigenvalue weighted by molar-refractivity contribution is 5.59. The number of phenolic OH excluding ortho intramolecular Hbond substituents is 1. The van der Waals surface area contributed by atoms with Crippen LogP contribution in [0.3, 0.4) is 0 Å². The molecule has 1 atom stereocenters. The summed E-state index contributed by atoms with van der Waals surface area (Å²) >= 11 is 0. The Kier molecular flexibility index (Phi) is 5.22. The van der Waals surface area contributed by atoms with E-state index in [-0.39, 0.29) is 33.6 Å². The Balaban J connectivity index is 2.46. The number of aromatic hydroxyl groups is 1. The maximum absolute atomic E-state index is 13.3. The highest BCUT2D eigenvalue weighted by atomic mass is 16.5. The van der Waals surface area contributed by atoms with Crippen LogP contribution in [-0.4, -0.2) is 9.67 Å². The van der Waals surface area contributed by atoms with E-state index in [9.17, 15) is 15.2 Å². The smallest absolute Gasteiger partial charge is 0.258 e. The Labute approximate surface area is 183 Å². The van der Waals surface area contributed by atoms with Crippen molar-refractivity contribution < 1.29 is 9.84 Å². The van der Waals surface area contributed by atoms with Gasteiger partial charge in [0, 0.05) is 18.8 Å². The van der Waals surface area contributed by atoms with Crippen molar-refractivity contribution in [2.75, 3.05) is 0 Å². The van der Waals surface area contributed by atoms with Crippen molar-refractivity contribution in [1.29, 1.82) is 5.26 Å². The largest absolute Gasteiger partial charge is 0.507 e. The summed E-state index contributed by atoms with van der Waals surface area (Å²) < 4.78 is 7.24. The van der Waals surface area contributed by atoms with E-state index in [0.717, 1.165) is 22.4 Å². The number of benzene rings is 1. The average molecular weight is 422 g/mol. The highest BCUT2D eigenvalue weighted by Crippen LogP contribution is 2.46. The maximum Gasteiger partial charge on any atom is 0.258 e. The maximum atomic E-state index is 13.3. The van der Waals surface area contributed by atoms with Crippen molar-refractivity contribution in [1.82, 2.24) is 4.57 Å². The second kappa shape index (κ2) is 7.19. The lowest BCUT2D eigenvalue weighted by molar-refractivity contribution is 0.389. The van der Waals surface area contributed by atoms with E-state index in [1.54, 1.807) is 17.7 Å². The van der Waals surface area contributed by atoms with Crippen LogP contribution in [0.25, 0.3) is 0 Å². The van der Waals surface area contributed by atoms with Crippen molar-refractivity contribution in [3.05, 3.63) is 68.0 Å². The second-order valence-corrected chi connectivity index (χ2v) is 10.3. The molecule has 1 aliphatic heterocycles. The molecule has 0 aliphatic carbocycles. The molecule has 1 aromatic carbocycles. The molecule has 6 heteroatoms. The fourth-order valence-corrected chi connectivity index (χ4v) is 4.04. The van der Waals surface area contributed by atoms with E-state index in [1.807, 2.05) is 60.6 Å². The predicted molar refractivity (Wildman–Crippen MR) is 121 cm³/mol. The van der Waals surface area contributed by atoms with Gasteiger partial charge in [0.1, 0.15) is 23.1 Å². The Morgan fingerprint density at radius 3 is 2.06 bits per heavy atom. The van der Waals surface area contributed by atoms with Gasteiger partial charge in [-0.2, -0.15) is 5.26 Å². The SMILES string of the molecule is Cc1cc2c(c(=O)n1C)[C@@H](c1cc(C(C)(C)C)c(O)c(C(C)(C)C)c1)C(C#N)=C(N)O2. The molecule has 164 valence electrons. The zero-order valence-corrected chi connectivity index (χ0v) is 19.5. The zero-order chi connectivity index (χ0) is 23.5. The van der Waals surface area contributed by atoms with Crippen LogP contribution in [-0.2, 0) is 17.9 Å². The second-order valence-electron chi connectivity index (χ2n) is 10.3. The summed E-state index contributed by atoms with van der Waals surface area (Å²) in [7, 11) is 1.70. The molecule has 1 aromatic heterocycles. The van der Waals surface area contributed by atoms with E-state index in [0.29, 0.717) is 11.3 Å². The number of aromatic nitrogens is 1. The number of aryl methyl sites for hydroxylation is 1. The number of hydrogen-bond acceptors (Lipinski definition) is 5. The third kappa shape index (κ3) is 3.69. The summed E-state index contributed by atoms with van der Waals surface area (Å²) in [5.41, 5.74) is 8.73. The van der Waals surface area contributed by atoms with Gasteiger partial charge in [-0.1, -0.05) is 53.7 Å². The molecule has 0 bridgehead atoms. The number of ether oxygens (including phenoxy) is 1. The molecule has 1 aliphatic rings. The molecule has 0 unspecified atom stereocenters. The van der Waals surface area contributed by atoms with Crippen LogP contribution in [0.2, 0.25) is 0 Å². The molecule has 3 N–H and O–H groups in total. The zero-order valence-electron chi connectivity index (χ0n) is 19.5. The molecular formula is C25H31N3O3. The van der Waals surface area contributed by atoms with Crippen molar-refractivity contribution >= 4 is 0 Å². The van der Waals surface area contributed by atoms with Gasteiger partial charge in [0.25, 0.3) is 5.56 Å². The lowest BCUT2D eigenvalue weighted by Crippen LogP contribution is -2.32. The molecule has 0 spiro atoms. The lowest BCUT2D eigenvalue weighted by atomic mass is 9.75. The summed E-state index contributed by atoms with van der Waals surface area (Å²) in [6.45, 7) is 13.9. The quantitative estimate of drug-likeness (QED) is 0.718. The van der Waals surface area contributed by atoms with E-state index in [4.69, 9.17) is 10.5 Å². The number of rotatable bonds is 1. The van der Waals surface area contributed by atoms with Gasteiger partial charge in [-0.3, -0.25) is 4.79 Å². The number of fused-ring (bicyclic) bond motifs is 1. The van der Waals surface area contributed by atoms with Crippen LogP contribution in [0.15, 0.2) is 34.4 Å². The van der Waals surface area contributed by atoms with E-state index in [2.05, 4.69) is 6.07 Å². The molecule has 0 saturated carbocycles. The fraction of sp³-hybridized carbons (Fsp3) is 0.440. The van der Waals surface area contributed by atoms with Crippen LogP contribution >= 0.6 is 0 Å². The van der Waals surface area contributed by atoms with Crippen LogP contribution in [0.1, 0.15) is 75.4 Å². The minimum atomic E-state index is -0.684. The molecular weight excluding hydrogens is 390 g/mol. The summed E-state index contributed by atoms with van der Waals surface area (Å²) in [6.07, 6.45) is 0. The molecule has 6 nitrogen and oxygen atoms in total. The van der Waals surface area contributed by atoms with Crippen molar-refractivity contribution in [2.24, 2.45) is 12.8 Å². The van der Waals surface area contributed by atoms with Gasteiger partial charge in [0.2, 0.25) is 5.88 Å². The van der Waals surface area contributed by atoms with Gasteiger partial charge in [0.05, 0.1) is 11.5 Å². The number of hydrogen-bond donors (Lipinski definition) is 2. The summed E-state index contributed by atoms with van der Waals surface area (Å²) in [5, 5.41) is 21.0. The molecule has 3 rings (SSSR count). The van der Waals surface area contributed by atoms with E-state index < -0.39 is 5.92 Å². The van der Waals surface area contributed by atoms with Crippen LogP contribution in [0.5, 0.6) is 11.5 Å². The van der Waals surface area contributed by atoms with Crippen LogP contribution in [0.4, 0.5) is 0 Å². The molecule has 0 radical (unpaired) electrons. The summed E-state index contributed by atoms with van der Waals surface area (Å²) in [6, 6.07) is 7.69. The Bertz CT molecular complexity index is 1160. The number of nitrogens with zero attached hydrogens (tertiary/aromatic N) is 2. The van der Waals surface area contributed by atoms with Gasteiger partial charge < -0.3 is 20.1 Å². The normalized spacial score (nSPS) is 16.5. The van der Waals surface area contributed by atoms with Gasteiger partial charge in [-0.15, -0.1) is 0 Å².